The van der Waals surface area contributed by atoms with Crippen LogP contribution in [0.5, 0.6) is 5.75 Å². The van der Waals surface area contributed by atoms with Crippen molar-refractivity contribution in [3.8, 4) is 5.75 Å². The van der Waals surface area contributed by atoms with Gasteiger partial charge in [-0.1, -0.05) is 12.1 Å². The molecule has 0 aliphatic carbocycles. The summed E-state index contributed by atoms with van der Waals surface area (Å²) in [7, 11) is 0. The highest BCUT2D eigenvalue weighted by Gasteiger charge is 2.17. The maximum absolute atomic E-state index is 12.6. The molecule has 1 aromatic carbocycles. The minimum absolute atomic E-state index is 0.0519. The Labute approximate surface area is 128 Å². The second-order valence-corrected chi connectivity index (χ2v) is 5.46. The Morgan fingerprint density at radius 1 is 1.14 bits per heavy atom. The van der Waals surface area contributed by atoms with Gasteiger partial charge >= 0.3 is 0 Å². The Bertz CT molecular complexity index is 881. The third-order valence-corrected chi connectivity index (χ3v) is 3.56. The number of aryl methyl sites for hydroxylation is 3. The van der Waals surface area contributed by atoms with Gasteiger partial charge in [0.25, 0.3) is 5.91 Å². The van der Waals surface area contributed by atoms with Gasteiger partial charge in [-0.2, -0.15) is 0 Å². The van der Waals surface area contributed by atoms with Gasteiger partial charge in [0.05, 0.1) is 11.4 Å². The van der Waals surface area contributed by atoms with Gasteiger partial charge in [0.1, 0.15) is 17.1 Å². The van der Waals surface area contributed by atoms with Crippen LogP contribution in [0.2, 0.25) is 0 Å². The summed E-state index contributed by atoms with van der Waals surface area (Å²) in [4.78, 5) is 17.0. The molecule has 5 heteroatoms. The average molecular weight is 295 g/mol. The number of phenolic OH excluding ortho intramolecular Hbond substituents is 1. The maximum atomic E-state index is 12.6. The normalized spacial score (nSPS) is 10.9. The molecule has 0 spiro atoms. The molecule has 2 heterocycles. The van der Waals surface area contributed by atoms with E-state index in [1.165, 1.54) is 0 Å². The number of hydrogen-bond acceptors (Lipinski definition) is 3. The predicted octanol–water partition coefficient (Wildman–Crippen LogP) is 3.22. The van der Waals surface area contributed by atoms with Gasteiger partial charge in [-0.15, -0.1) is 0 Å². The fraction of sp³-hybridized carbons (Fsp3) is 0.176. The van der Waals surface area contributed by atoms with E-state index in [1.807, 2.05) is 38.2 Å². The highest BCUT2D eigenvalue weighted by molar-refractivity contribution is 6.05. The van der Waals surface area contributed by atoms with Crippen molar-refractivity contribution in [2.45, 2.75) is 20.8 Å². The molecular formula is C17H17N3O2. The smallest absolute Gasteiger partial charge is 0.274 e. The van der Waals surface area contributed by atoms with E-state index < -0.39 is 0 Å². The SMILES string of the molecule is Cc1ccc(NC(=O)c2c(C)nc3ccc(C)cn23)c(O)c1. The molecule has 112 valence electrons. The van der Waals surface area contributed by atoms with E-state index in [9.17, 15) is 9.90 Å². The number of aromatic hydroxyl groups is 1. The zero-order valence-corrected chi connectivity index (χ0v) is 12.7. The predicted molar refractivity (Wildman–Crippen MR) is 85.5 cm³/mol. The number of pyridine rings is 1. The third-order valence-electron chi connectivity index (χ3n) is 3.56. The first kappa shape index (κ1) is 14.1. The molecule has 5 nitrogen and oxygen atoms in total. The van der Waals surface area contributed by atoms with E-state index in [0.717, 1.165) is 16.8 Å². The lowest BCUT2D eigenvalue weighted by atomic mass is 10.2. The molecule has 0 atom stereocenters. The van der Waals surface area contributed by atoms with Crippen molar-refractivity contribution in [1.29, 1.82) is 0 Å². The number of carbonyl (C=O) groups excluding carboxylic acids is 1. The molecule has 3 rings (SSSR count). The Balaban J connectivity index is 2.02. The van der Waals surface area contributed by atoms with Crippen molar-refractivity contribution >= 4 is 17.2 Å². The summed E-state index contributed by atoms with van der Waals surface area (Å²) in [6, 6.07) is 8.96. The molecule has 2 aromatic heterocycles. The first-order valence-electron chi connectivity index (χ1n) is 7.02. The number of nitrogens with zero attached hydrogens (tertiary/aromatic N) is 2. The molecule has 0 aliphatic heterocycles. The summed E-state index contributed by atoms with van der Waals surface area (Å²) < 4.78 is 1.77. The Hall–Kier alpha value is -2.82. The first-order chi connectivity index (χ1) is 10.5. The van der Waals surface area contributed by atoms with Crippen LogP contribution in [-0.2, 0) is 0 Å². The van der Waals surface area contributed by atoms with Crippen molar-refractivity contribution in [1.82, 2.24) is 9.38 Å². The zero-order chi connectivity index (χ0) is 15.9. The van der Waals surface area contributed by atoms with Crippen LogP contribution in [0.1, 0.15) is 27.3 Å². The molecular weight excluding hydrogens is 278 g/mol. The van der Waals surface area contributed by atoms with Gasteiger partial charge in [-0.3, -0.25) is 9.20 Å². The maximum Gasteiger partial charge on any atom is 0.274 e. The Kier molecular flexibility index (Phi) is 3.33. The fourth-order valence-electron chi connectivity index (χ4n) is 2.47. The Morgan fingerprint density at radius 3 is 2.59 bits per heavy atom. The highest BCUT2D eigenvalue weighted by atomic mass is 16.3. The molecule has 0 saturated carbocycles. The molecule has 0 fully saturated rings. The number of nitrogens with one attached hydrogen (secondary N) is 1. The largest absolute Gasteiger partial charge is 0.506 e. The number of amides is 1. The fourth-order valence-corrected chi connectivity index (χ4v) is 2.47. The van der Waals surface area contributed by atoms with E-state index in [4.69, 9.17) is 0 Å². The van der Waals surface area contributed by atoms with Gasteiger partial charge in [-0.25, -0.2) is 4.98 Å². The molecule has 0 bridgehead atoms. The van der Waals surface area contributed by atoms with Crippen LogP contribution < -0.4 is 5.32 Å². The minimum atomic E-state index is -0.297. The van der Waals surface area contributed by atoms with Crippen molar-refractivity contribution in [2.75, 3.05) is 5.32 Å². The molecule has 0 radical (unpaired) electrons. The van der Waals surface area contributed by atoms with Crippen LogP contribution in [0.4, 0.5) is 5.69 Å². The highest BCUT2D eigenvalue weighted by Crippen LogP contribution is 2.25. The monoisotopic (exact) mass is 295 g/mol. The van der Waals surface area contributed by atoms with Crippen LogP contribution in [-0.4, -0.2) is 20.4 Å². The lowest BCUT2D eigenvalue weighted by molar-refractivity contribution is 0.102. The Morgan fingerprint density at radius 2 is 1.86 bits per heavy atom. The molecule has 3 aromatic rings. The number of fused-ring (bicyclic) bond motifs is 1. The van der Waals surface area contributed by atoms with E-state index in [-0.39, 0.29) is 11.7 Å². The lowest BCUT2D eigenvalue weighted by Crippen LogP contribution is -2.15. The van der Waals surface area contributed by atoms with E-state index in [0.29, 0.717) is 17.1 Å². The molecule has 1 amide bonds. The van der Waals surface area contributed by atoms with Crippen LogP contribution in [0.25, 0.3) is 5.65 Å². The molecule has 0 aliphatic rings. The van der Waals surface area contributed by atoms with Crippen molar-refractivity contribution < 1.29 is 9.90 Å². The molecule has 0 unspecified atom stereocenters. The summed E-state index contributed by atoms with van der Waals surface area (Å²) in [5.74, 6) is -0.245. The van der Waals surface area contributed by atoms with Crippen LogP contribution in [0.15, 0.2) is 36.5 Å². The lowest BCUT2D eigenvalue weighted by Gasteiger charge is -2.08. The first-order valence-corrected chi connectivity index (χ1v) is 7.02. The van der Waals surface area contributed by atoms with Crippen molar-refractivity contribution in [3.05, 3.63) is 59.0 Å². The van der Waals surface area contributed by atoms with Gasteiger partial charge in [0.15, 0.2) is 0 Å². The quantitative estimate of drug-likeness (QED) is 0.713. The number of carbonyl (C=O) groups is 1. The number of benzene rings is 1. The standard InChI is InChI=1S/C17H17N3O2/c1-10-4-6-13(14(21)8-10)19-17(22)16-12(3)18-15-7-5-11(2)9-20(15)16/h4-9,21H,1-3H3,(H,19,22). The van der Waals surface area contributed by atoms with Gasteiger partial charge < -0.3 is 10.4 Å². The number of imidazole rings is 1. The molecule has 0 saturated heterocycles. The second-order valence-electron chi connectivity index (χ2n) is 5.46. The van der Waals surface area contributed by atoms with Gasteiger partial charge in [-0.05, 0) is 50.1 Å². The molecule has 2 N–H and O–H groups in total. The van der Waals surface area contributed by atoms with Crippen LogP contribution >= 0.6 is 0 Å². The third kappa shape index (κ3) is 2.41. The second kappa shape index (κ2) is 5.18. The van der Waals surface area contributed by atoms with Crippen molar-refractivity contribution in [3.63, 3.8) is 0 Å². The van der Waals surface area contributed by atoms with Crippen LogP contribution in [0, 0.1) is 20.8 Å². The van der Waals surface area contributed by atoms with E-state index in [2.05, 4.69) is 10.3 Å². The van der Waals surface area contributed by atoms with Gasteiger partial charge in [0, 0.05) is 6.20 Å². The van der Waals surface area contributed by atoms with E-state index in [1.54, 1.807) is 23.5 Å². The van der Waals surface area contributed by atoms with Crippen LogP contribution in [0.3, 0.4) is 0 Å². The minimum Gasteiger partial charge on any atom is -0.506 e. The van der Waals surface area contributed by atoms with Crippen molar-refractivity contribution in [2.24, 2.45) is 0 Å². The summed E-state index contributed by atoms with van der Waals surface area (Å²) in [6.45, 7) is 5.64. The zero-order valence-electron chi connectivity index (χ0n) is 12.7. The molecule has 22 heavy (non-hydrogen) atoms. The number of anilines is 1. The summed E-state index contributed by atoms with van der Waals surface area (Å²) >= 11 is 0. The average Bonchev–Trinajstić information content (AvgIpc) is 2.77. The topological polar surface area (TPSA) is 66.6 Å². The number of rotatable bonds is 2. The summed E-state index contributed by atoms with van der Waals surface area (Å²) in [5, 5.41) is 12.7. The summed E-state index contributed by atoms with van der Waals surface area (Å²) in [6.07, 6.45) is 1.87. The number of hydrogen-bond donors (Lipinski definition) is 2. The summed E-state index contributed by atoms with van der Waals surface area (Å²) in [5.41, 5.74) is 4.20. The van der Waals surface area contributed by atoms with E-state index >= 15 is 0 Å². The number of phenols is 1. The number of aromatic nitrogens is 2. The van der Waals surface area contributed by atoms with Gasteiger partial charge in [0.2, 0.25) is 0 Å².